The van der Waals surface area contributed by atoms with Crippen molar-refractivity contribution in [2.24, 2.45) is 0 Å². The maximum atomic E-state index is 10.9. The quantitative estimate of drug-likeness (QED) is 0.476. The van der Waals surface area contributed by atoms with Crippen LogP contribution in [0.1, 0.15) is 6.92 Å². The lowest BCUT2D eigenvalue weighted by Crippen LogP contribution is -1.92. The van der Waals surface area contributed by atoms with E-state index < -0.39 is 13.5 Å². The fourth-order valence-electron chi connectivity index (χ4n) is 0.109. The molecule has 1 nitrogen and oxygen atoms in total. The van der Waals surface area contributed by atoms with Crippen LogP contribution in [0.4, 0.5) is 17.6 Å². The van der Waals surface area contributed by atoms with Gasteiger partial charge in [0.25, 0.3) is 0 Å². The lowest BCUT2D eigenvalue weighted by molar-refractivity contribution is 0.0494. The summed E-state index contributed by atoms with van der Waals surface area (Å²) in [6, 6.07) is 0. The third-order valence-corrected chi connectivity index (χ3v) is 0.299. The third kappa shape index (κ3) is 79.5. The zero-order valence-corrected chi connectivity index (χ0v) is 6.75. The summed E-state index contributed by atoms with van der Waals surface area (Å²) in [7, 11) is 0.500. The van der Waals surface area contributed by atoms with Crippen LogP contribution in [0.3, 0.4) is 0 Å². The number of hydrogen-bond donors (Lipinski definition) is 0. The van der Waals surface area contributed by atoms with E-state index in [9.17, 15) is 17.6 Å². The predicted octanol–water partition coefficient (Wildman–Crippen LogP) is 2.46. The highest BCUT2D eigenvalue weighted by Crippen LogP contribution is 1.73. The van der Waals surface area contributed by atoms with E-state index >= 15 is 0 Å². The second kappa shape index (κ2) is 33.3. The molecule has 0 aliphatic heterocycles. The molecule has 0 rings (SSSR count). The highest BCUT2D eigenvalue weighted by molar-refractivity contribution is 4.16. The van der Waals surface area contributed by atoms with Crippen LogP contribution in [0.5, 0.6) is 0 Å². The van der Waals surface area contributed by atoms with Crippen molar-refractivity contribution in [1.29, 1.82) is 0 Å². The number of ether oxygens (including phenoxy) is 1. The Morgan fingerprint density at radius 3 is 1.55 bits per heavy atom. The Kier molecular flexibility index (Phi) is 51.4. The normalized spacial score (nSPS) is 7.09. The van der Waals surface area contributed by atoms with Crippen molar-refractivity contribution in [1.82, 2.24) is 0 Å². The monoisotopic (exact) mass is 178 g/mol. The molecule has 0 aliphatic carbocycles. The van der Waals surface area contributed by atoms with Gasteiger partial charge >= 0.3 is 0 Å². The summed E-state index contributed by atoms with van der Waals surface area (Å²) >= 11 is 0. The van der Waals surface area contributed by atoms with E-state index in [-0.39, 0.29) is 13.3 Å². The van der Waals surface area contributed by atoms with Crippen LogP contribution in [-0.2, 0) is 4.74 Å². The molecule has 0 bridgehead atoms. The van der Waals surface area contributed by atoms with Gasteiger partial charge in [0.2, 0.25) is 0 Å². The van der Waals surface area contributed by atoms with Gasteiger partial charge in [0, 0.05) is 0 Å². The van der Waals surface area contributed by atoms with Gasteiger partial charge in [-0.1, -0.05) is 0 Å². The van der Waals surface area contributed by atoms with Gasteiger partial charge < -0.3 is 4.74 Å². The zero-order chi connectivity index (χ0) is 9.54. The molecule has 0 aliphatic rings. The average molecular weight is 178 g/mol. The fraction of sp³-hybridized carbons (Fsp3) is 1.00. The molecule has 0 heterocycles. The zero-order valence-electron chi connectivity index (χ0n) is 6.75. The van der Waals surface area contributed by atoms with Gasteiger partial charge in [-0.25, -0.2) is 8.78 Å². The van der Waals surface area contributed by atoms with E-state index in [1.165, 1.54) is 6.92 Å². The van der Waals surface area contributed by atoms with Crippen molar-refractivity contribution in [3.05, 3.63) is 0 Å². The number of rotatable bonds is 3. The lowest BCUT2D eigenvalue weighted by atomic mass is 10.8. The predicted molar refractivity (Wildman–Crippen MR) is 36.6 cm³/mol. The number of alkyl halides is 4. The molecule has 0 aromatic rings. The van der Waals surface area contributed by atoms with Gasteiger partial charge in [0.05, 0.1) is 20.5 Å². The minimum Gasteiger partial charge on any atom is -0.348 e. The Bertz CT molecular complexity index is 33.8. The van der Waals surface area contributed by atoms with Gasteiger partial charge in [-0.15, -0.1) is 0 Å². The molecule has 0 aromatic heterocycles. The second-order valence-electron chi connectivity index (χ2n) is 0.974. The molecule has 0 fully saturated rings. The summed E-state index contributed by atoms with van der Waals surface area (Å²) in [4.78, 5) is 0. The Hall–Kier alpha value is -0.320. The molecule has 72 valence electrons. The summed E-state index contributed by atoms with van der Waals surface area (Å²) in [6.07, 6.45) is 0. The van der Waals surface area contributed by atoms with Gasteiger partial charge in [0.1, 0.15) is 6.67 Å². The Morgan fingerprint density at radius 1 is 1.09 bits per heavy atom. The van der Waals surface area contributed by atoms with Crippen molar-refractivity contribution < 1.29 is 22.3 Å². The van der Waals surface area contributed by atoms with Crippen molar-refractivity contribution in [2.45, 2.75) is 6.92 Å². The Balaban J connectivity index is -0.000000109. The van der Waals surface area contributed by atoms with Gasteiger partial charge in [-0.05, 0) is 6.92 Å². The van der Waals surface area contributed by atoms with E-state index in [0.29, 0.717) is 7.18 Å². The van der Waals surface area contributed by atoms with Gasteiger partial charge in [0.15, 0.2) is 6.86 Å². The van der Waals surface area contributed by atoms with Crippen LogP contribution in [0.2, 0.25) is 0 Å². The highest BCUT2D eigenvalue weighted by atomic mass is 19.1. The Labute approximate surface area is 64.4 Å². The van der Waals surface area contributed by atoms with E-state index in [1.54, 1.807) is 0 Å². The second-order valence-corrected chi connectivity index (χ2v) is 0.974. The van der Waals surface area contributed by atoms with Crippen LogP contribution in [0.15, 0.2) is 0 Å². The summed E-state index contributed by atoms with van der Waals surface area (Å²) in [5, 5.41) is 0. The van der Waals surface area contributed by atoms with Crippen LogP contribution >= 0.6 is 0 Å². The maximum Gasteiger partial charge on any atom is 0.188 e. The molecule has 0 spiro atoms. The molecule has 0 aromatic carbocycles. The molecule has 0 amide bonds. The molecular formula is C6H14F4O. The first-order chi connectivity index (χ1) is 5.33. The molecule has 5 heteroatoms. The van der Waals surface area contributed by atoms with E-state index in [0.717, 1.165) is 0 Å². The molecule has 0 saturated heterocycles. The first kappa shape index (κ1) is 17.0. The van der Waals surface area contributed by atoms with Crippen molar-refractivity contribution in [2.75, 3.05) is 34.0 Å². The minimum absolute atomic E-state index is 0.128. The minimum atomic E-state index is -0.885. The van der Waals surface area contributed by atoms with Crippen molar-refractivity contribution in [3.63, 3.8) is 0 Å². The van der Waals surface area contributed by atoms with E-state index in [1.807, 2.05) is 0 Å². The Morgan fingerprint density at radius 2 is 1.45 bits per heavy atom. The first-order valence-electron chi connectivity index (χ1n) is 2.96. The SMILES string of the molecule is CCF.CF.FCCOCF. The first-order valence-corrected chi connectivity index (χ1v) is 2.96. The largest absolute Gasteiger partial charge is 0.348 e. The van der Waals surface area contributed by atoms with Gasteiger partial charge in [-0.2, -0.15) is 0 Å². The summed E-state index contributed by atoms with van der Waals surface area (Å²) in [6.45, 7) is -0.412. The smallest absolute Gasteiger partial charge is 0.188 e. The highest BCUT2D eigenvalue weighted by Gasteiger charge is 1.78. The standard InChI is InChI=1S/C3H6F2O.C2H5F.CH3F/c4-1-2-6-3-5;1-2-3;1-2/h1-3H2;2H2,1H3;1H3. The lowest BCUT2D eigenvalue weighted by Gasteiger charge is -1.87. The summed E-state index contributed by atoms with van der Waals surface area (Å²) in [5.74, 6) is 0. The molecule has 0 radical (unpaired) electrons. The topological polar surface area (TPSA) is 9.23 Å². The van der Waals surface area contributed by atoms with E-state index in [2.05, 4.69) is 4.74 Å². The average Bonchev–Trinajstić information content (AvgIpc) is 2.06. The van der Waals surface area contributed by atoms with Crippen molar-refractivity contribution >= 4 is 0 Å². The van der Waals surface area contributed by atoms with Crippen LogP contribution in [0, 0.1) is 0 Å². The van der Waals surface area contributed by atoms with Gasteiger partial charge in [-0.3, -0.25) is 8.78 Å². The number of hydrogen-bond acceptors (Lipinski definition) is 1. The van der Waals surface area contributed by atoms with Crippen LogP contribution < -0.4 is 0 Å². The molecule has 0 atom stereocenters. The maximum absolute atomic E-state index is 10.9. The summed E-state index contributed by atoms with van der Waals surface area (Å²) in [5.41, 5.74) is 0. The molecule has 11 heavy (non-hydrogen) atoms. The summed E-state index contributed by atoms with van der Waals surface area (Å²) < 4.78 is 45.4. The molecule has 0 saturated carbocycles. The van der Waals surface area contributed by atoms with Crippen LogP contribution in [-0.4, -0.2) is 34.0 Å². The number of halogens is 4. The molecule has 0 N–H and O–H groups in total. The fourth-order valence-corrected chi connectivity index (χ4v) is 0.109. The molecular weight excluding hydrogens is 164 g/mol. The molecule has 0 unspecified atom stereocenters. The van der Waals surface area contributed by atoms with E-state index in [4.69, 9.17) is 0 Å². The van der Waals surface area contributed by atoms with Crippen LogP contribution in [0.25, 0.3) is 0 Å². The van der Waals surface area contributed by atoms with Crippen molar-refractivity contribution in [3.8, 4) is 0 Å². The third-order valence-electron chi connectivity index (χ3n) is 0.299.